The molecule has 8 heteroatoms. The molecule has 0 atom stereocenters. The molecule has 0 unspecified atom stereocenters. The second-order valence-electron chi connectivity index (χ2n) is 9.88. The van der Waals surface area contributed by atoms with Crippen LogP contribution in [-0.4, -0.2) is 45.8 Å². The standard InChI is InChI=1S/C28H28FN5O2/c29-20-6-1-17(2-7-20)16-34-13-10-21(11-14-34)31-28(36)19-5-8-22-23-9-12-30-26(25(23)32-24(22)15-19)33-27(35)18-3-4-18/h1-2,5-9,12,15,18,21,32H,3-4,10-11,13-14,16H2,(H,31,36)(H,30,33,35). The van der Waals surface area contributed by atoms with Gasteiger partial charge in [-0.2, -0.15) is 0 Å². The summed E-state index contributed by atoms with van der Waals surface area (Å²) in [6.07, 6.45) is 5.30. The van der Waals surface area contributed by atoms with Crippen molar-refractivity contribution in [1.29, 1.82) is 0 Å². The van der Waals surface area contributed by atoms with Crippen molar-refractivity contribution in [2.75, 3.05) is 18.4 Å². The molecule has 2 amide bonds. The maximum Gasteiger partial charge on any atom is 0.251 e. The first-order chi connectivity index (χ1) is 17.5. The lowest BCUT2D eigenvalue weighted by molar-refractivity contribution is -0.117. The maximum absolute atomic E-state index is 13.1. The van der Waals surface area contributed by atoms with Gasteiger partial charge in [-0.1, -0.05) is 18.2 Å². The van der Waals surface area contributed by atoms with Crippen molar-refractivity contribution in [3.05, 3.63) is 71.7 Å². The fourth-order valence-corrected chi connectivity index (χ4v) is 4.98. The van der Waals surface area contributed by atoms with Crippen LogP contribution in [0.5, 0.6) is 0 Å². The van der Waals surface area contributed by atoms with Gasteiger partial charge in [-0.3, -0.25) is 14.5 Å². The van der Waals surface area contributed by atoms with Crippen molar-refractivity contribution in [1.82, 2.24) is 20.2 Å². The summed E-state index contributed by atoms with van der Waals surface area (Å²) in [5, 5.41) is 8.07. The fraction of sp³-hybridized carbons (Fsp3) is 0.321. The van der Waals surface area contributed by atoms with Crippen molar-refractivity contribution in [2.24, 2.45) is 5.92 Å². The summed E-state index contributed by atoms with van der Waals surface area (Å²) in [6, 6.07) is 14.3. The number of hydrogen-bond donors (Lipinski definition) is 3. The van der Waals surface area contributed by atoms with Gasteiger partial charge in [-0.15, -0.1) is 0 Å². The van der Waals surface area contributed by atoms with Crippen LogP contribution >= 0.6 is 0 Å². The Morgan fingerprint density at radius 1 is 1.00 bits per heavy atom. The molecular formula is C28H28FN5O2. The quantitative estimate of drug-likeness (QED) is 0.372. The SMILES string of the molecule is O=C(NC1CCN(Cc2ccc(F)cc2)CC1)c1ccc2c(c1)[nH]c1c(NC(=O)C3CC3)nccc12. The molecule has 3 N–H and O–H groups in total. The largest absolute Gasteiger partial charge is 0.351 e. The molecule has 2 aromatic heterocycles. The number of carbonyl (C=O) groups is 2. The lowest BCUT2D eigenvalue weighted by Crippen LogP contribution is -2.44. The van der Waals surface area contributed by atoms with E-state index in [1.165, 1.54) is 12.1 Å². The molecule has 1 saturated carbocycles. The average Bonchev–Trinajstić information content (AvgIpc) is 3.67. The third-order valence-corrected chi connectivity index (χ3v) is 7.21. The number of nitrogens with zero attached hydrogens (tertiary/aromatic N) is 2. The Labute approximate surface area is 208 Å². The number of H-pyrrole nitrogens is 1. The van der Waals surface area contributed by atoms with Gasteiger partial charge in [0, 0.05) is 59.6 Å². The highest BCUT2D eigenvalue weighted by Crippen LogP contribution is 2.33. The summed E-state index contributed by atoms with van der Waals surface area (Å²) < 4.78 is 13.1. The van der Waals surface area contributed by atoms with E-state index >= 15 is 0 Å². The molecule has 1 saturated heterocycles. The smallest absolute Gasteiger partial charge is 0.251 e. The summed E-state index contributed by atoms with van der Waals surface area (Å²) in [7, 11) is 0. The van der Waals surface area contributed by atoms with E-state index in [0.717, 1.165) is 72.7 Å². The third kappa shape index (κ3) is 4.68. The summed E-state index contributed by atoms with van der Waals surface area (Å²) in [5.41, 5.74) is 3.30. The molecule has 0 bridgehead atoms. The molecule has 3 heterocycles. The zero-order valence-electron chi connectivity index (χ0n) is 19.9. The van der Waals surface area contributed by atoms with E-state index in [4.69, 9.17) is 0 Å². The molecular weight excluding hydrogens is 457 g/mol. The molecule has 36 heavy (non-hydrogen) atoms. The van der Waals surface area contributed by atoms with Crippen molar-refractivity contribution < 1.29 is 14.0 Å². The van der Waals surface area contributed by atoms with Crippen molar-refractivity contribution in [3.8, 4) is 0 Å². The van der Waals surface area contributed by atoms with E-state index in [9.17, 15) is 14.0 Å². The molecule has 2 aliphatic rings. The van der Waals surface area contributed by atoms with Crippen molar-refractivity contribution in [3.63, 3.8) is 0 Å². The highest BCUT2D eigenvalue weighted by Gasteiger charge is 2.30. The number of benzene rings is 2. The molecule has 6 rings (SSSR count). The molecule has 184 valence electrons. The molecule has 0 radical (unpaired) electrons. The molecule has 1 aliphatic heterocycles. The topological polar surface area (TPSA) is 90.1 Å². The van der Waals surface area contributed by atoms with E-state index in [1.54, 1.807) is 6.20 Å². The number of hydrogen-bond acceptors (Lipinski definition) is 4. The second kappa shape index (κ2) is 9.35. The van der Waals surface area contributed by atoms with Gasteiger partial charge in [0.25, 0.3) is 5.91 Å². The minimum absolute atomic E-state index is 0.0115. The Bertz CT molecular complexity index is 1440. The first-order valence-electron chi connectivity index (χ1n) is 12.5. The number of rotatable bonds is 6. The third-order valence-electron chi connectivity index (χ3n) is 7.21. The number of amides is 2. The number of fused-ring (bicyclic) bond motifs is 3. The van der Waals surface area contributed by atoms with Crippen LogP contribution in [-0.2, 0) is 11.3 Å². The van der Waals surface area contributed by atoms with Gasteiger partial charge >= 0.3 is 0 Å². The van der Waals surface area contributed by atoms with Gasteiger partial charge in [0.05, 0.1) is 5.52 Å². The van der Waals surface area contributed by atoms with Crippen LogP contribution < -0.4 is 10.6 Å². The van der Waals surface area contributed by atoms with Gasteiger partial charge in [-0.05, 0) is 61.6 Å². The predicted octanol–water partition coefficient (Wildman–Crippen LogP) is 4.60. The Morgan fingerprint density at radius 2 is 1.78 bits per heavy atom. The van der Waals surface area contributed by atoms with Crippen LogP contribution in [0.3, 0.4) is 0 Å². The Kier molecular flexibility index (Phi) is 5.89. The highest BCUT2D eigenvalue weighted by atomic mass is 19.1. The number of pyridine rings is 1. The van der Waals surface area contributed by atoms with E-state index in [0.29, 0.717) is 11.4 Å². The number of carbonyl (C=O) groups excluding carboxylic acids is 2. The number of anilines is 1. The van der Waals surface area contributed by atoms with Gasteiger partial charge in [0.1, 0.15) is 5.82 Å². The number of likely N-dealkylation sites (tertiary alicyclic amines) is 1. The number of piperidine rings is 1. The maximum atomic E-state index is 13.1. The van der Waals surface area contributed by atoms with E-state index < -0.39 is 0 Å². The summed E-state index contributed by atoms with van der Waals surface area (Å²) in [5.74, 6) is 0.323. The average molecular weight is 486 g/mol. The Balaban J connectivity index is 1.11. The Morgan fingerprint density at radius 3 is 2.53 bits per heavy atom. The fourth-order valence-electron chi connectivity index (χ4n) is 4.98. The first kappa shape index (κ1) is 22.7. The summed E-state index contributed by atoms with van der Waals surface area (Å²) in [4.78, 5) is 35.3. The number of halogens is 1. The van der Waals surface area contributed by atoms with E-state index in [2.05, 4.69) is 25.5 Å². The number of aromatic amines is 1. The molecule has 4 aromatic rings. The minimum Gasteiger partial charge on any atom is -0.351 e. The lowest BCUT2D eigenvalue weighted by Gasteiger charge is -2.32. The van der Waals surface area contributed by atoms with Crippen LogP contribution in [0, 0.1) is 11.7 Å². The molecule has 2 fully saturated rings. The van der Waals surface area contributed by atoms with Gasteiger partial charge in [0.15, 0.2) is 5.82 Å². The van der Waals surface area contributed by atoms with Crippen molar-refractivity contribution >= 4 is 39.4 Å². The van der Waals surface area contributed by atoms with Crippen LogP contribution in [0.2, 0.25) is 0 Å². The number of nitrogens with one attached hydrogen (secondary N) is 3. The van der Waals surface area contributed by atoms with Gasteiger partial charge in [0.2, 0.25) is 5.91 Å². The molecule has 7 nitrogen and oxygen atoms in total. The summed E-state index contributed by atoms with van der Waals surface area (Å²) in [6.45, 7) is 2.55. The summed E-state index contributed by atoms with van der Waals surface area (Å²) >= 11 is 0. The molecule has 1 aliphatic carbocycles. The highest BCUT2D eigenvalue weighted by molar-refractivity contribution is 6.13. The van der Waals surface area contributed by atoms with Crippen molar-refractivity contribution in [2.45, 2.75) is 38.3 Å². The zero-order valence-corrected chi connectivity index (χ0v) is 19.9. The van der Waals surface area contributed by atoms with Crippen LogP contribution in [0.25, 0.3) is 21.8 Å². The first-order valence-corrected chi connectivity index (χ1v) is 12.5. The minimum atomic E-state index is -0.219. The molecule has 0 spiro atoms. The van der Waals surface area contributed by atoms with Gasteiger partial charge < -0.3 is 15.6 Å². The zero-order chi connectivity index (χ0) is 24.6. The number of aromatic nitrogens is 2. The predicted molar refractivity (Wildman–Crippen MR) is 137 cm³/mol. The monoisotopic (exact) mass is 485 g/mol. The van der Waals surface area contributed by atoms with E-state index in [1.807, 2.05) is 36.4 Å². The second-order valence-corrected chi connectivity index (χ2v) is 9.88. The van der Waals surface area contributed by atoms with Crippen LogP contribution in [0.15, 0.2) is 54.7 Å². The van der Waals surface area contributed by atoms with E-state index in [-0.39, 0.29) is 29.6 Å². The Hall–Kier alpha value is -3.78. The lowest BCUT2D eigenvalue weighted by atomic mass is 10.0. The van der Waals surface area contributed by atoms with Gasteiger partial charge in [-0.25, -0.2) is 9.37 Å². The van der Waals surface area contributed by atoms with Crippen LogP contribution in [0.1, 0.15) is 41.6 Å². The normalized spacial score (nSPS) is 16.9. The van der Waals surface area contributed by atoms with Crippen LogP contribution in [0.4, 0.5) is 10.2 Å². The molecule has 2 aromatic carbocycles.